The first-order chi connectivity index (χ1) is 10.2. The molecule has 1 heterocycles. The Morgan fingerprint density at radius 3 is 2.43 bits per heavy atom. The topological polar surface area (TPSA) is 6.48 Å². The van der Waals surface area contributed by atoms with E-state index >= 15 is 0 Å². The molecule has 1 saturated heterocycles. The molecule has 2 aromatic rings. The summed E-state index contributed by atoms with van der Waals surface area (Å²) in [5.74, 6) is -0.116. The Labute approximate surface area is 129 Å². The lowest BCUT2D eigenvalue weighted by Crippen LogP contribution is -2.46. The van der Waals surface area contributed by atoms with Crippen LogP contribution < -0.4 is 4.90 Å². The fourth-order valence-electron chi connectivity index (χ4n) is 2.70. The van der Waals surface area contributed by atoms with Gasteiger partial charge >= 0.3 is 0 Å². The average Bonchev–Trinajstić information content (AvgIpc) is 2.50. The lowest BCUT2D eigenvalue weighted by molar-refractivity contribution is 0.246. The van der Waals surface area contributed by atoms with Gasteiger partial charge in [0.1, 0.15) is 5.82 Å². The predicted octanol–water partition coefficient (Wildman–Crippen LogP) is 3.80. The SMILES string of the molecule is Fc1ccccc1CN1CCN(c2cccc(Cl)c2)CC1. The molecule has 2 aromatic carbocycles. The van der Waals surface area contributed by atoms with E-state index in [0.29, 0.717) is 6.54 Å². The molecule has 0 spiro atoms. The highest BCUT2D eigenvalue weighted by Gasteiger charge is 2.18. The van der Waals surface area contributed by atoms with Gasteiger partial charge < -0.3 is 4.90 Å². The standard InChI is InChI=1S/C17H18ClFN2/c18-15-5-3-6-16(12-15)21-10-8-20(9-11-21)13-14-4-1-2-7-17(14)19/h1-7,12H,8-11,13H2. The van der Waals surface area contributed by atoms with Gasteiger partial charge in [-0.05, 0) is 24.3 Å². The van der Waals surface area contributed by atoms with Crippen molar-refractivity contribution in [1.29, 1.82) is 0 Å². The van der Waals surface area contributed by atoms with Crippen LogP contribution in [-0.4, -0.2) is 31.1 Å². The second-order valence-corrected chi connectivity index (χ2v) is 5.77. The summed E-state index contributed by atoms with van der Waals surface area (Å²) in [6, 6.07) is 14.9. The van der Waals surface area contributed by atoms with Crippen molar-refractivity contribution < 1.29 is 4.39 Å². The summed E-state index contributed by atoms with van der Waals surface area (Å²) >= 11 is 6.04. The minimum atomic E-state index is -0.116. The Morgan fingerprint density at radius 2 is 1.71 bits per heavy atom. The number of halogens is 2. The highest BCUT2D eigenvalue weighted by molar-refractivity contribution is 6.30. The summed E-state index contributed by atoms with van der Waals surface area (Å²) in [6.45, 7) is 4.42. The van der Waals surface area contributed by atoms with Crippen molar-refractivity contribution in [2.45, 2.75) is 6.54 Å². The molecule has 110 valence electrons. The summed E-state index contributed by atoms with van der Waals surface area (Å²) in [6.07, 6.45) is 0. The summed E-state index contributed by atoms with van der Waals surface area (Å²) in [5, 5.41) is 0.765. The fraction of sp³-hybridized carbons (Fsp3) is 0.294. The van der Waals surface area contributed by atoms with Crippen LogP contribution in [0.15, 0.2) is 48.5 Å². The molecular weight excluding hydrogens is 287 g/mol. The minimum absolute atomic E-state index is 0.116. The second-order valence-electron chi connectivity index (χ2n) is 5.33. The van der Waals surface area contributed by atoms with Crippen molar-refractivity contribution in [2.75, 3.05) is 31.1 Å². The van der Waals surface area contributed by atoms with E-state index in [1.807, 2.05) is 30.3 Å². The molecule has 0 unspecified atom stereocenters. The van der Waals surface area contributed by atoms with Crippen LogP contribution in [0.4, 0.5) is 10.1 Å². The van der Waals surface area contributed by atoms with E-state index in [-0.39, 0.29) is 5.82 Å². The van der Waals surface area contributed by atoms with Gasteiger partial charge in [-0.3, -0.25) is 4.90 Å². The number of hydrogen-bond donors (Lipinski definition) is 0. The molecule has 4 heteroatoms. The Hall–Kier alpha value is -1.58. The first-order valence-corrected chi connectivity index (χ1v) is 7.56. The van der Waals surface area contributed by atoms with Gasteiger partial charge in [0.25, 0.3) is 0 Å². The zero-order chi connectivity index (χ0) is 14.7. The van der Waals surface area contributed by atoms with Crippen molar-refractivity contribution in [3.05, 3.63) is 64.9 Å². The summed E-state index contributed by atoms with van der Waals surface area (Å²) in [4.78, 5) is 4.61. The monoisotopic (exact) mass is 304 g/mol. The van der Waals surface area contributed by atoms with Gasteiger partial charge in [-0.15, -0.1) is 0 Å². The third-order valence-electron chi connectivity index (χ3n) is 3.90. The molecule has 1 aliphatic heterocycles. The lowest BCUT2D eigenvalue weighted by Gasteiger charge is -2.36. The molecule has 3 rings (SSSR count). The molecule has 0 bridgehead atoms. The number of anilines is 1. The van der Waals surface area contributed by atoms with Crippen molar-refractivity contribution >= 4 is 17.3 Å². The van der Waals surface area contributed by atoms with Gasteiger partial charge in [-0.1, -0.05) is 35.9 Å². The van der Waals surface area contributed by atoms with Crippen LogP contribution in [0, 0.1) is 5.82 Å². The van der Waals surface area contributed by atoms with Gasteiger partial charge in [0.2, 0.25) is 0 Å². The Morgan fingerprint density at radius 1 is 0.952 bits per heavy atom. The molecule has 21 heavy (non-hydrogen) atoms. The highest BCUT2D eigenvalue weighted by atomic mass is 35.5. The summed E-state index contributed by atoms with van der Waals surface area (Å²) in [5.41, 5.74) is 1.93. The smallest absolute Gasteiger partial charge is 0.127 e. The molecule has 0 N–H and O–H groups in total. The molecule has 1 fully saturated rings. The number of rotatable bonds is 3. The number of benzene rings is 2. The third kappa shape index (κ3) is 3.55. The Kier molecular flexibility index (Phi) is 4.42. The zero-order valence-corrected chi connectivity index (χ0v) is 12.6. The molecule has 0 atom stereocenters. The van der Waals surface area contributed by atoms with Crippen molar-refractivity contribution in [3.8, 4) is 0 Å². The predicted molar refractivity (Wildman–Crippen MR) is 85.3 cm³/mol. The Bertz CT molecular complexity index is 609. The van der Waals surface area contributed by atoms with E-state index in [1.54, 1.807) is 6.07 Å². The largest absolute Gasteiger partial charge is 0.369 e. The molecule has 0 radical (unpaired) electrons. The molecule has 0 saturated carbocycles. The van der Waals surface area contributed by atoms with E-state index in [2.05, 4.69) is 15.9 Å². The van der Waals surface area contributed by atoms with E-state index in [1.165, 1.54) is 6.07 Å². The first kappa shape index (κ1) is 14.4. The van der Waals surface area contributed by atoms with Crippen LogP contribution in [0.2, 0.25) is 5.02 Å². The maximum atomic E-state index is 13.7. The van der Waals surface area contributed by atoms with Crippen molar-refractivity contribution in [1.82, 2.24) is 4.90 Å². The molecule has 2 nitrogen and oxygen atoms in total. The average molecular weight is 305 g/mol. The Balaban J connectivity index is 1.59. The van der Waals surface area contributed by atoms with Gasteiger partial charge in [0.15, 0.2) is 0 Å². The quantitative estimate of drug-likeness (QED) is 0.851. The lowest BCUT2D eigenvalue weighted by atomic mass is 10.1. The molecule has 1 aliphatic rings. The maximum Gasteiger partial charge on any atom is 0.127 e. The molecule has 0 aromatic heterocycles. The van der Waals surface area contributed by atoms with E-state index in [9.17, 15) is 4.39 Å². The van der Waals surface area contributed by atoms with Crippen LogP contribution in [0.3, 0.4) is 0 Å². The van der Waals surface area contributed by atoms with Crippen molar-refractivity contribution in [2.24, 2.45) is 0 Å². The molecule has 0 aliphatic carbocycles. The first-order valence-electron chi connectivity index (χ1n) is 7.18. The highest BCUT2D eigenvalue weighted by Crippen LogP contribution is 2.21. The van der Waals surface area contributed by atoms with E-state index in [0.717, 1.165) is 42.5 Å². The van der Waals surface area contributed by atoms with Gasteiger partial charge in [-0.25, -0.2) is 4.39 Å². The van der Waals surface area contributed by atoms with Crippen molar-refractivity contribution in [3.63, 3.8) is 0 Å². The van der Waals surface area contributed by atoms with Crippen LogP contribution >= 0.6 is 11.6 Å². The summed E-state index contributed by atoms with van der Waals surface area (Å²) < 4.78 is 13.7. The normalized spacial score (nSPS) is 16.2. The second kappa shape index (κ2) is 6.46. The summed E-state index contributed by atoms with van der Waals surface area (Å²) in [7, 11) is 0. The van der Waals surface area contributed by atoms with Gasteiger partial charge in [0.05, 0.1) is 0 Å². The number of piperazine rings is 1. The van der Waals surface area contributed by atoms with Crippen LogP contribution in [-0.2, 0) is 6.54 Å². The van der Waals surface area contributed by atoms with Crippen LogP contribution in [0.1, 0.15) is 5.56 Å². The van der Waals surface area contributed by atoms with E-state index < -0.39 is 0 Å². The fourth-order valence-corrected chi connectivity index (χ4v) is 2.89. The number of hydrogen-bond acceptors (Lipinski definition) is 2. The van der Waals surface area contributed by atoms with E-state index in [4.69, 9.17) is 11.6 Å². The van der Waals surface area contributed by atoms with Gasteiger partial charge in [-0.2, -0.15) is 0 Å². The third-order valence-corrected chi connectivity index (χ3v) is 4.13. The number of nitrogens with zero attached hydrogens (tertiary/aromatic N) is 2. The van der Waals surface area contributed by atoms with Crippen LogP contribution in [0.25, 0.3) is 0 Å². The van der Waals surface area contributed by atoms with Crippen LogP contribution in [0.5, 0.6) is 0 Å². The minimum Gasteiger partial charge on any atom is -0.369 e. The van der Waals surface area contributed by atoms with Gasteiger partial charge in [0, 0.05) is 49.0 Å². The zero-order valence-electron chi connectivity index (χ0n) is 11.8. The molecule has 0 amide bonds. The maximum absolute atomic E-state index is 13.7. The molecular formula is C17H18ClFN2.